The van der Waals surface area contributed by atoms with Gasteiger partial charge in [-0.15, -0.1) is 11.3 Å². The fraction of sp³-hybridized carbons (Fsp3) is 0.250. The van der Waals surface area contributed by atoms with Crippen molar-refractivity contribution >= 4 is 23.2 Å². The van der Waals surface area contributed by atoms with E-state index in [1.165, 1.54) is 12.3 Å². The lowest BCUT2D eigenvalue weighted by Crippen LogP contribution is -2.23. The van der Waals surface area contributed by atoms with Crippen molar-refractivity contribution in [1.29, 1.82) is 0 Å². The van der Waals surface area contributed by atoms with Gasteiger partial charge in [0.05, 0.1) is 25.1 Å². The van der Waals surface area contributed by atoms with Gasteiger partial charge in [0, 0.05) is 0 Å². The molecule has 0 aliphatic carbocycles. The molecule has 106 valence electrons. The second-order valence-electron chi connectivity index (χ2n) is 3.93. The fourth-order valence-electron chi connectivity index (χ4n) is 1.64. The zero-order valence-corrected chi connectivity index (χ0v) is 11.4. The molecular weight excluding hydrogens is 284 g/mol. The van der Waals surface area contributed by atoms with Crippen LogP contribution in [0.2, 0.25) is 0 Å². The van der Waals surface area contributed by atoms with E-state index in [9.17, 15) is 9.59 Å². The molecule has 0 bridgehead atoms. The molecule has 0 saturated heterocycles. The molecule has 2 aromatic rings. The smallest absolute Gasteiger partial charge is 0.339 e. The van der Waals surface area contributed by atoms with Crippen LogP contribution in [0.5, 0.6) is 0 Å². The van der Waals surface area contributed by atoms with E-state index in [4.69, 9.17) is 14.6 Å². The van der Waals surface area contributed by atoms with Gasteiger partial charge in [0.2, 0.25) is 0 Å². The second kappa shape index (κ2) is 5.85. The normalized spacial score (nSPS) is 10.5. The van der Waals surface area contributed by atoms with Gasteiger partial charge in [-0.25, -0.2) is 9.78 Å². The maximum absolute atomic E-state index is 12.0. The molecule has 0 aliphatic rings. The van der Waals surface area contributed by atoms with Crippen LogP contribution in [0, 0.1) is 6.92 Å². The number of thiazole rings is 1. The molecule has 0 saturated carbocycles. The summed E-state index contributed by atoms with van der Waals surface area (Å²) in [5.41, 5.74) is 0.539. The molecule has 20 heavy (non-hydrogen) atoms. The molecule has 0 spiro atoms. The molecule has 2 aromatic heterocycles. The van der Waals surface area contributed by atoms with Gasteiger partial charge < -0.3 is 19.9 Å². The number of carboxylic acids is 1. The minimum absolute atomic E-state index is 0.0161. The third-order valence-electron chi connectivity index (χ3n) is 2.57. The van der Waals surface area contributed by atoms with Crippen molar-refractivity contribution in [3.05, 3.63) is 39.2 Å². The largest absolute Gasteiger partial charge is 0.478 e. The Hall–Kier alpha value is -2.19. The monoisotopic (exact) mass is 296 g/mol. The Kier molecular flexibility index (Phi) is 4.16. The Bertz CT molecular complexity index is 646. The number of rotatable bonds is 5. The summed E-state index contributed by atoms with van der Waals surface area (Å²) >= 11 is 1.10. The van der Waals surface area contributed by atoms with Crippen LogP contribution in [0.1, 0.15) is 36.5 Å². The maximum Gasteiger partial charge on any atom is 0.339 e. The number of aliphatic hydroxyl groups excluding tert-OH is 1. The number of nitrogens with zero attached hydrogens (tertiary/aromatic N) is 1. The van der Waals surface area contributed by atoms with Crippen molar-refractivity contribution in [2.24, 2.45) is 0 Å². The first-order valence-corrected chi connectivity index (χ1v) is 6.49. The molecule has 1 amide bonds. The molecular formula is C12H12N2O5S. The average Bonchev–Trinajstić information content (AvgIpc) is 3.02. The van der Waals surface area contributed by atoms with E-state index in [2.05, 4.69) is 10.3 Å². The molecule has 2 rings (SSSR count). The van der Waals surface area contributed by atoms with Crippen LogP contribution in [0.3, 0.4) is 0 Å². The standard InChI is InChI=1S/C12H12N2O5S/c1-6-10(20-9(5-15)14-6)11(16)13-4-8-7(12(17)18)2-3-19-8/h2-3,15H,4-5H2,1H3,(H,13,16)(H,17,18). The lowest BCUT2D eigenvalue weighted by atomic mass is 10.2. The molecule has 2 heterocycles. The van der Waals surface area contributed by atoms with E-state index < -0.39 is 5.97 Å². The van der Waals surface area contributed by atoms with Crippen LogP contribution in [-0.2, 0) is 13.2 Å². The van der Waals surface area contributed by atoms with Gasteiger partial charge in [-0.05, 0) is 13.0 Å². The number of nitrogens with one attached hydrogen (secondary N) is 1. The number of amides is 1. The van der Waals surface area contributed by atoms with Gasteiger partial charge >= 0.3 is 5.97 Å². The highest BCUT2D eigenvalue weighted by Crippen LogP contribution is 2.18. The first kappa shape index (κ1) is 14.2. The number of aliphatic hydroxyl groups is 1. The van der Waals surface area contributed by atoms with Crippen molar-refractivity contribution in [3.8, 4) is 0 Å². The zero-order chi connectivity index (χ0) is 14.7. The highest BCUT2D eigenvalue weighted by molar-refractivity contribution is 7.13. The Morgan fingerprint density at radius 2 is 2.25 bits per heavy atom. The van der Waals surface area contributed by atoms with Crippen LogP contribution in [0.25, 0.3) is 0 Å². The zero-order valence-electron chi connectivity index (χ0n) is 10.5. The van der Waals surface area contributed by atoms with E-state index >= 15 is 0 Å². The lowest BCUT2D eigenvalue weighted by Gasteiger charge is -2.02. The minimum Gasteiger partial charge on any atom is -0.478 e. The van der Waals surface area contributed by atoms with Crippen molar-refractivity contribution in [3.63, 3.8) is 0 Å². The van der Waals surface area contributed by atoms with E-state index in [1.54, 1.807) is 6.92 Å². The summed E-state index contributed by atoms with van der Waals surface area (Å²) in [4.78, 5) is 27.3. The third-order valence-corrected chi connectivity index (χ3v) is 3.71. The van der Waals surface area contributed by atoms with Crippen LogP contribution >= 0.6 is 11.3 Å². The minimum atomic E-state index is -1.11. The highest BCUT2D eigenvalue weighted by Gasteiger charge is 2.17. The van der Waals surface area contributed by atoms with E-state index in [0.29, 0.717) is 15.6 Å². The number of furan rings is 1. The van der Waals surface area contributed by atoms with Crippen LogP contribution in [-0.4, -0.2) is 27.1 Å². The van der Waals surface area contributed by atoms with Gasteiger partial charge in [0.1, 0.15) is 21.2 Å². The Labute approximate surface area is 117 Å². The Morgan fingerprint density at radius 1 is 1.50 bits per heavy atom. The summed E-state index contributed by atoms with van der Waals surface area (Å²) in [6.45, 7) is 1.42. The second-order valence-corrected chi connectivity index (χ2v) is 5.01. The SMILES string of the molecule is Cc1nc(CO)sc1C(=O)NCc1occc1C(=O)O. The lowest BCUT2D eigenvalue weighted by molar-refractivity contribution is 0.0693. The molecule has 0 atom stereocenters. The quantitative estimate of drug-likeness (QED) is 0.763. The van der Waals surface area contributed by atoms with Gasteiger partial charge in [0.15, 0.2) is 0 Å². The van der Waals surface area contributed by atoms with Crippen molar-refractivity contribution < 1.29 is 24.2 Å². The molecule has 0 aliphatic heterocycles. The third kappa shape index (κ3) is 2.86. The van der Waals surface area contributed by atoms with Crippen molar-refractivity contribution in [1.82, 2.24) is 10.3 Å². The predicted octanol–water partition coefficient (Wildman–Crippen LogP) is 1.17. The fourth-order valence-corrected chi connectivity index (χ4v) is 2.48. The number of carboxylic acid groups (broad SMARTS) is 1. The molecule has 3 N–H and O–H groups in total. The number of hydrogen-bond acceptors (Lipinski definition) is 6. The molecule has 0 unspecified atom stereocenters. The number of aryl methyl sites for hydroxylation is 1. The van der Waals surface area contributed by atoms with Crippen LogP contribution < -0.4 is 5.32 Å². The van der Waals surface area contributed by atoms with Crippen LogP contribution in [0.15, 0.2) is 16.7 Å². The number of aromatic nitrogens is 1. The highest BCUT2D eigenvalue weighted by atomic mass is 32.1. The van der Waals surface area contributed by atoms with E-state index in [-0.39, 0.29) is 30.4 Å². The number of carbonyl (C=O) groups excluding carboxylic acids is 1. The van der Waals surface area contributed by atoms with Gasteiger partial charge in [-0.2, -0.15) is 0 Å². The van der Waals surface area contributed by atoms with Crippen molar-refractivity contribution in [2.45, 2.75) is 20.1 Å². The first-order valence-electron chi connectivity index (χ1n) is 5.68. The predicted molar refractivity (Wildman–Crippen MR) is 69.6 cm³/mol. The summed E-state index contributed by atoms with van der Waals surface area (Å²) in [7, 11) is 0. The van der Waals surface area contributed by atoms with Crippen LogP contribution in [0.4, 0.5) is 0 Å². The summed E-state index contributed by atoms with van der Waals surface area (Å²) < 4.78 is 5.02. The Morgan fingerprint density at radius 3 is 2.85 bits per heavy atom. The maximum atomic E-state index is 12.0. The topological polar surface area (TPSA) is 113 Å². The van der Waals surface area contributed by atoms with Gasteiger partial charge in [0.25, 0.3) is 5.91 Å². The van der Waals surface area contributed by atoms with Gasteiger partial charge in [-0.3, -0.25) is 4.79 Å². The molecule has 7 nitrogen and oxygen atoms in total. The number of hydrogen-bond donors (Lipinski definition) is 3. The molecule has 0 radical (unpaired) electrons. The van der Waals surface area contributed by atoms with E-state index in [1.807, 2.05) is 0 Å². The number of aromatic carboxylic acids is 1. The molecule has 0 fully saturated rings. The molecule has 0 aromatic carbocycles. The summed E-state index contributed by atoms with van der Waals surface area (Å²) in [6, 6.07) is 1.33. The Balaban J connectivity index is 2.06. The number of carbonyl (C=O) groups is 2. The van der Waals surface area contributed by atoms with Crippen molar-refractivity contribution in [2.75, 3.05) is 0 Å². The summed E-state index contributed by atoms with van der Waals surface area (Å²) in [5, 5.41) is 20.9. The average molecular weight is 296 g/mol. The summed E-state index contributed by atoms with van der Waals surface area (Å²) in [6.07, 6.45) is 1.26. The van der Waals surface area contributed by atoms with Gasteiger partial charge in [-0.1, -0.05) is 0 Å². The molecule has 8 heteroatoms. The van der Waals surface area contributed by atoms with E-state index in [0.717, 1.165) is 11.3 Å². The summed E-state index contributed by atoms with van der Waals surface area (Å²) in [5.74, 6) is -1.32. The first-order chi connectivity index (χ1) is 9.52.